The van der Waals surface area contributed by atoms with Gasteiger partial charge in [0.2, 0.25) is 5.95 Å². The topological polar surface area (TPSA) is 48.8 Å². The summed E-state index contributed by atoms with van der Waals surface area (Å²) in [5.74, 6) is 0.635. The molecule has 0 bridgehead atoms. The Kier molecular flexibility index (Phi) is 5.32. The van der Waals surface area contributed by atoms with E-state index in [-0.39, 0.29) is 0 Å². The van der Waals surface area contributed by atoms with Crippen LogP contribution in [0.25, 0.3) is 99.3 Å². The molecule has 0 aliphatic rings. The maximum atomic E-state index is 6.49. The van der Waals surface area contributed by atoms with E-state index >= 15 is 0 Å². The fourth-order valence-corrected chi connectivity index (χ4v) is 7.91. The number of furan rings is 1. The highest BCUT2D eigenvalue weighted by atomic mass is 16.3. The second-order valence-corrected chi connectivity index (χ2v) is 12.6. The first-order valence-electron chi connectivity index (χ1n) is 16.5. The average molecular weight is 627 g/mol. The van der Waals surface area contributed by atoms with E-state index in [0.29, 0.717) is 5.95 Å². The van der Waals surface area contributed by atoms with Crippen LogP contribution in [0.3, 0.4) is 0 Å². The third kappa shape index (κ3) is 3.64. The third-order valence-electron chi connectivity index (χ3n) is 9.92. The molecule has 0 N–H and O–H groups in total. The second-order valence-electron chi connectivity index (χ2n) is 12.6. The van der Waals surface area contributed by atoms with Gasteiger partial charge < -0.3 is 8.98 Å². The maximum Gasteiger partial charge on any atom is 0.235 e. The van der Waals surface area contributed by atoms with E-state index in [9.17, 15) is 0 Å². The standard InChI is InChI=1S/C44H26N4O/c1-3-13-27(14-4-1)43-29-17-7-10-20-32(29)45-44(46-43)48-35-24-23-34-39(30-18-8-11-21-33(30)47(34)28-15-5-2-6-16-28)41(35)42-36(48)25-26-38-40(42)31-19-9-12-22-37(31)49-38/h1-26H. The predicted octanol–water partition coefficient (Wildman–Crippen LogP) is 11.4. The summed E-state index contributed by atoms with van der Waals surface area (Å²) in [6.45, 7) is 0. The zero-order valence-corrected chi connectivity index (χ0v) is 26.2. The van der Waals surface area contributed by atoms with Crippen molar-refractivity contribution in [3.8, 4) is 22.9 Å². The molecule has 0 unspecified atom stereocenters. The smallest absolute Gasteiger partial charge is 0.235 e. The maximum absolute atomic E-state index is 6.49. The van der Waals surface area contributed by atoms with Crippen molar-refractivity contribution >= 4 is 76.5 Å². The molecule has 5 nitrogen and oxygen atoms in total. The number of fused-ring (bicyclic) bond motifs is 12. The number of rotatable bonds is 3. The first-order chi connectivity index (χ1) is 24.3. The predicted molar refractivity (Wildman–Crippen MR) is 201 cm³/mol. The molecule has 0 atom stereocenters. The SMILES string of the molecule is c1ccc(-c2nc(-n3c4ccc5oc6ccccc6c5c4c4c5c6ccccc6n(-c6ccccc6)c5ccc43)nc3ccccc23)cc1. The van der Waals surface area contributed by atoms with Gasteiger partial charge in [-0.25, -0.2) is 9.97 Å². The highest BCUT2D eigenvalue weighted by Crippen LogP contribution is 2.46. The monoisotopic (exact) mass is 626 g/mol. The first-order valence-corrected chi connectivity index (χ1v) is 16.5. The number of nitrogens with zero attached hydrogens (tertiary/aromatic N) is 4. The van der Waals surface area contributed by atoms with Gasteiger partial charge in [-0.2, -0.15) is 0 Å². The molecule has 0 fully saturated rings. The van der Waals surface area contributed by atoms with Gasteiger partial charge in [-0.05, 0) is 54.6 Å². The van der Waals surface area contributed by atoms with Crippen molar-refractivity contribution in [3.05, 3.63) is 158 Å². The molecule has 5 heteroatoms. The van der Waals surface area contributed by atoms with Gasteiger partial charge in [0.1, 0.15) is 11.2 Å². The van der Waals surface area contributed by atoms with Crippen molar-refractivity contribution in [3.63, 3.8) is 0 Å². The van der Waals surface area contributed by atoms with Crippen LogP contribution in [-0.2, 0) is 0 Å². The lowest BCUT2D eigenvalue weighted by Crippen LogP contribution is -2.03. The van der Waals surface area contributed by atoms with Crippen LogP contribution in [0.2, 0.25) is 0 Å². The Morgan fingerprint density at radius 1 is 0.388 bits per heavy atom. The minimum atomic E-state index is 0.635. The van der Waals surface area contributed by atoms with Gasteiger partial charge in [-0.1, -0.05) is 103 Å². The van der Waals surface area contributed by atoms with Crippen LogP contribution in [0.1, 0.15) is 0 Å². The van der Waals surface area contributed by atoms with Crippen LogP contribution in [0.5, 0.6) is 0 Å². The molecule has 0 saturated heterocycles. The van der Waals surface area contributed by atoms with Crippen LogP contribution in [-0.4, -0.2) is 19.1 Å². The number of para-hydroxylation sites is 4. The van der Waals surface area contributed by atoms with E-state index in [1.807, 2.05) is 18.2 Å². The molecule has 7 aromatic carbocycles. The molecular formula is C44H26N4O. The first kappa shape index (κ1) is 26.4. The summed E-state index contributed by atoms with van der Waals surface area (Å²) in [4.78, 5) is 10.6. The van der Waals surface area contributed by atoms with Crippen molar-refractivity contribution in [2.24, 2.45) is 0 Å². The van der Waals surface area contributed by atoms with Crippen molar-refractivity contribution < 1.29 is 4.42 Å². The van der Waals surface area contributed by atoms with Gasteiger partial charge in [0.25, 0.3) is 0 Å². The molecule has 4 aromatic heterocycles. The van der Waals surface area contributed by atoms with E-state index in [0.717, 1.165) is 82.6 Å². The van der Waals surface area contributed by atoms with Gasteiger partial charge in [0.05, 0.1) is 33.3 Å². The van der Waals surface area contributed by atoms with Crippen molar-refractivity contribution in [1.29, 1.82) is 0 Å². The van der Waals surface area contributed by atoms with Gasteiger partial charge in [0.15, 0.2) is 0 Å². The minimum Gasteiger partial charge on any atom is -0.456 e. The average Bonchev–Trinajstić information content (AvgIpc) is 3.82. The Morgan fingerprint density at radius 2 is 1.00 bits per heavy atom. The molecule has 11 aromatic rings. The molecule has 0 aliphatic carbocycles. The minimum absolute atomic E-state index is 0.635. The molecule has 49 heavy (non-hydrogen) atoms. The van der Waals surface area contributed by atoms with Crippen LogP contribution in [0.15, 0.2) is 162 Å². The largest absolute Gasteiger partial charge is 0.456 e. The van der Waals surface area contributed by atoms with Crippen LogP contribution < -0.4 is 0 Å². The summed E-state index contributed by atoms with van der Waals surface area (Å²) in [6.07, 6.45) is 0. The highest BCUT2D eigenvalue weighted by Gasteiger charge is 2.25. The zero-order valence-electron chi connectivity index (χ0n) is 26.2. The van der Waals surface area contributed by atoms with Gasteiger partial charge >= 0.3 is 0 Å². The van der Waals surface area contributed by atoms with E-state index in [4.69, 9.17) is 14.4 Å². The second kappa shape index (κ2) is 9.89. The Morgan fingerprint density at radius 3 is 1.82 bits per heavy atom. The Bertz CT molecular complexity index is 3100. The number of aromatic nitrogens is 4. The molecule has 0 saturated carbocycles. The van der Waals surface area contributed by atoms with E-state index in [1.54, 1.807) is 0 Å². The lowest BCUT2D eigenvalue weighted by Gasteiger charge is -2.12. The van der Waals surface area contributed by atoms with Crippen LogP contribution in [0.4, 0.5) is 0 Å². The highest BCUT2D eigenvalue weighted by molar-refractivity contribution is 6.35. The third-order valence-corrected chi connectivity index (χ3v) is 9.92. The van der Waals surface area contributed by atoms with Gasteiger partial charge in [-0.15, -0.1) is 0 Å². The molecule has 228 valence electrons. The Balaban J connectivity index is 1.38. The summed E-state index contributed by atoms with van der Waals surface area (Å²) >= 11 is 0. The number of benzene rings is 7. The lowest BCUT2D eigenvalue weighted by atomic mass is 10.0. The van der Waals surface area contributed by atoms with Crippen LogP contribution >= 0.6 is 0 Å². The van der Waals surface area contributed by atoms with E-state index in [2.05, 4.69) is 149 Å². The van der Waals surface area contributed by atoms with Crippen molar-refractivity contribution in [2.45, 2.75) is 0 Å². The molecule has 4 heterocycles. The molecular weight excluding hydrogens is 601 g/mol. The van der Waals surface area contributed by atoms with Crippen LogP contribution in [0, 0.1) is 0 Å². The summed E-state index contributed by atoms with van der Waals surface area (Å²) in [5, 5.41) is 7.91. The molecule has 0 amide bonds. The Hall–Kier alpha value is -6.72. The molecule has 11 rings (SSSR count). The van der Waals surface area contributed by atoms with E-state index < -0.39 is 0 Å². The lowest BCUT2D eigenvalue weighted by molar-refractivity contribution is 0.669. The summed E-state index contributed by atoms with van der Waals surface area (Å²) in [7, 11) is 0. The Labute approximate surface area is 279 Å². The van der Waals surface area contributed by atoms with E-state index in [1.165, 1.54) is 10.8 Å². The number of hydrogen-bond donors (Lipinski definition) is 0. The van der Waals surface area contributed by atoms with Gasteiger partial charge in [-0.3, -0.25) is 4.57 Å². The van der Waals surface area contributed by atoms with Crippen molar-refractivity contribution in [2.75, 3.05) is 0 Å². The van der Waals surface area contributed by atoms with Gasteiger partial charge in [0, 0.05) is 49.0 Å². The summed E-state index contributed by atoms with van der Waals surface area (Å²) in [6, 6.07) is 55.1. The zero-order chi connectivity index (χ0) is 32.1. The molecule has 0 radical (unpaired) electrons. The number of hydrogen-bond acceptors (Lipinski definition) is 3. The normalized spacial score (nSPS) is 12.1. The summed E-state index contributed by atoms with van der Waals surface area (Å²) in [5.41, 5.74) is 10.1. The fraction of sp³-hybridized carbons (Fsp3) is 0. The van der Waals surface area contributed by atoms with Crippen molar-refractivity contribution in [1.82, 2.24) is 19.1 Å². The quantitative estimate of drug-likeness (QED) is 0.196. The molecule has 0 spiro atoms. The fourth-order valence-electron chi connectivity index (χ4n) is 7.91. The summed E-state index contributed by atoms with van der Waals surface area (Å²) < 4.78 is 11.1. The molecule has 0 aliphatic heterocycles.